The highest BCUT2D eigenvalue weighted by molar-refractivity contribution is 14.0. The van der Waals surface area contributed by atoms with Crippen LogP contribution in [0.5, 0.6) is 5.75 Å². The lowest BCUT2D eigenvalue weighted by molar-refractivity contribution is 0.223. The van der Waals surface area contributed by atoms with E-state index in [1.807, 2.05) is 13.0 Å². The Balaban J connectivity index is 0.00000320. The van der Waals surface area contributed by atoms with E-state index in [0.717, 1.165) is 11.1 Å². The Morgan fingerprint density at radius 1 is 1.17 bits per heavy atom. The average Bonchev–Trinajstić information content (AvgIpc) is 3.21. The van der Waals surface area contributed by atoms with Gasteiger partial charge in [-0.2, -0.15) is 5.10 Å². The third-order valence-electron chi connectivity index (χ3n) is 4.18. The van der Waals surface area contributed by atoms with E-state index in [1.54, 1.807) is 30.2 Å². The SMILES string of the molecule is CN=C(NCc1cccc(Cn2cncn2)c1)NCC(C)Oc1cccc(F)c1.I. The Hall–Kier alpha value is -2.69. The van der Waals surface area contributed by atoms with Gasteiger partial charge in [-0.05, 0) is 30.2 Å². The molecule has 30 heavy (non-hydrogen) atoms. The second kappa shape index (κ2) is 12.1. The molecule has 1 heterocycles. The minimum absolute atomic E-state index is 0. The molecule has 3 rings (SSSR count). The maximum atomic E-state index is 13.2. The molecule has 9 heteroatoms. The summed E-state index contributed by atoms with van der Waals surface area (Å²) in [7, 11) is 1.72. The monoisotopic (exact) mass is 524 g/mol. The number of guanidine groups is 1. The molecule has 3 aromatic rings. The molecule has 0 aliphatic heterocycles. The van der Waals surface area contributed by atoms with E-state index in [4.69, 9.17) is 4.74 Å². The molecule has 0 saturated heterocycles. The van der Waals surface area contributed by atoms with E-state index < -0.39 is 0 Å². The molecule has 0 spiro atoms. The van der Waals surface area contributed by atoms with Gasteiger partial charge in [-0.3, -0.25) is 4.99 Å². The van der Waals surface area contributed by atoms with Crippen LogP contribution in [0.15, 0.2) is 66.2 Å². The smallest absolute Gasteiger partial charge is 0.191 e. The second-order valence-electron chi connectivity index (χ2n) is 6.61. The number of aliphatic imine (C=N–C) groups is 1. The zero-order valence-electron chi connectivity index (χ0n) is 17.0. The average molecular weight is 524 g/mol. The summed E-state index contributed by atoms with van der Waals surface area (Å²) in [6.45, 7) is 3.75. The highest BCUT2D eigenvalue weighted by atomic mass is 127. The van der Waals surface area contributed by atoms with Gasteiger partial charge in [-0.25, -0.2) is 14.1 Å². The van der Waals surface area contributed by atoms with Crippen LogP contribution in [0.1, 0.15) is 18.1 Å². The molecule has 160 valence electrons. The number of rotatable bonds is 8. The number of nitrogens with zero attached hydrogens (tertiary/aromatic N) is 4. The van der Waals surface area contributed by atoms with Crippen LogP contribution in [0.4, 0.5) is 4.39 Å². The molecular weight excluding hydrogens is 498 g/mol. The molecular formula is C21H26FIN6O. The molecule has 0 radical (unpaired) electrons. The van der Waals surface area contributed by atoms with Gasteiger partial charge >= 0.3 is 0 Å². The lowest BCUT2D eigenvalue weighted by Gasteiger charge is -2.18. The summed E-state index contributed by atoms with van der Waals surface area (Å²) in [5.74, 6) is 0.860. The van der Waals surface area contributed by atoms with Crippen molar-refractivity contribution in [2.75, 3.05) is 13.6 Å². The quantitative estimate of drug-likeness (QED) is 0.269. The standard InChI is InChI=1S/C21H25FN6O.HI/c1-16(29-20-8-4-7-19(22)10-20)11-25-21(23-2)26-12-17-5-3-6-18(9-17)13-28-15-24-14-27-28;/h3-10,14-16H,11-13H2,1-2H3,(H2,23,25,26);1H. The van der Waals surface area contributed by atoms with Crippen LogP contribution in [0.3, 0.4) is 0 Å². The highest BCUT2D eigenvalue weighted by Gasteiger charge is 2.07. The number of benzene rings is 2. The molecule has 1 atom stereocenters. The lowest BCUT2D eigenvalue weighted by atomic mass is 10.1. The van der Waals surface area contributed by atoms with Gasteiger partial charge in [0, 0.05) is 19.7 Å². The van der Waals surface area contributed by atoms with Gasteiger partial charge in [-0.15, -0.1) is 24.0 Å². The maximum absolute atomic E-state index is 13.2. The Kier molecular flexibility index (Phi) is 9.52. The second-order valence-corrected chi connectivity index (χ2v) is 6.61. The predicted molar refractivity (Wildman–Crippen MR) is 126 cm³/mol. The number of nitrogens with one attached hydrogen (secondary N) is 2. The molecule has 0 aliphatic rings. The first-order chi connectivity index (χ1) is 14.1. The summed E-state index contributed by atoms with van der Waals surface area (Å²) < 4.78 is 20.8. The molecule has 0 saturated carbocycles. The highest BCUT2D eigenvalue weighted by Crippen LogP contribution is 2.13. The van der Waals surface area contributed by atoms with Crippen molar-refractivity contribution in [3.05, 3.63) is 78.1 Å². The molecule has 0 aliphatic carbocycles. The lowest BCUT2D eigenvalue weighted by Crippen LogP contribution is -2.41. The number of hydrogen-bond donors (Lipinski definition) is 2. The molecule has 0 fully saturated rings. The third-order valence-corrected chi connectivity index (χ3v) is 4.18. The van der Waals surface area contributed by atoms with Crippen molar-refractivity contribution in [2.24, 2.45) is 4.99 Å². The number of ether oxygens (including phenoxy) is 1. The Morgan fingerprint density at radius 3 is 2.70 bits per heavy atom. The molecule has 7 nitrogen and oxygen atoms in total. The van der Waals surface area contributed by atoms with Crippen LogP contribution in [0, 0.1) is 5.82 Å². The molecule has 0 amide bonds. The minimum atomic E-state index is -0.314. The summed E-state index contributed by atoms with van der Waals surface area (Å²) in [4.78, 5) is 8.20. The minimum Gasteiger partial charge on any atom is -0.489 e. The van der Waals surface area contributed by atoms with Crippen molar-refractivity contribution >= 4 is 29.9 Å². The van der Waals surface area contributed by atoms with Crippen molar-refractivity contribution < 1.29 is 9.13 Å². The Labute approximate surface area is 192 Å². The zero-order valence-corrected chi connectivity index (χ0v) is 19.3. The van der Waals surface area contributed by atoms with Crippen molar-refractivity contribution in [1.29, 1.82) is 0 Å². The van der Waals surface area contributed by atoms with Gasteiger partial charge in [-0.1, -0.05) is 30.3 Å². The van der Waals surface area contributed by atoms with Gasteiger partial charge in [0.2, 0.25) is 0 Å². The Bertz CT molecular complexity index is 935. The molecule has 2 N–H and O–H groups in total. The normalized spacial score (nSPS) is 12.0. The largest absolute Gasteiger partial charge is 0.489 e. The van der Waals surface area contributed by atoms with Crippen molar-refractivity contribution in [2.45, 2.75) is 26.1 Å². The maximum Gasteiger partial charge on any atom is 0.191 e. The van der Waals surface area contributed by atoms with E-state index >= 15 is 0 Å². The van der Waals surface area contributed by atoms with Gasteiger partial charge in [0.25, 0.3) is 0 Å². The fraction of sp³-hybridized carbons (Fsp3) is 0.286. The van der Waals surface area contributed by atoms with Crippen LogP contribution in [-0.4, -0.2) is 40.4 Å². The first-order valence-corrected chi connectivity index (χ1v) is 9.39. The van der Waals surface area contributed by atoms with Crippen LogP contribution < -0.4 is 15.4 Å². The number of halogens is 2. The topological polar surface area (TPSA) is 76.4 Å². The van der Waals surface area contributed by atoms with Gasteiger partial charge in [0.15, 0.2) is 5.96 Å². The fourth-order valence-electron chi connectivity index (χ4n) is 2.80. The summed E-state index contributed by atoms with van der Waals surface area (Å²) in [6, 6.07) is 14.4. The van der Waals surface area contributed by atoms with E-state index in [0.29, 0.717) is 31.3 Å². The Morgan fingerprint density at radius 2 is 1.97 bits per heavy atom. The molecule has 1 unspecified atom stereocenters. The predicted octanol–water partition coefficient (Wildman–Crippen LogP) is 3.22. The van der Waals surface area contributed by atoms with Gasteiger partial charge < -0.3 is 15.4 Å². The molecule has 0 bridgehead atoms. The van der Waals surface area contributed by atoms with Crippen LogP contribution in [0.25, 0.3) is 0 Å². The van der Waals surface area contributed by atoms with Crippen molar-refractivity contribution in [3.8, 4) is 5.75 Å². The summed E-state index contributed by atoms with van der Waals surface area (Å²) in [6.07, 6.45) is 3.07. The van der Waals surface area contributed by atoms with Crippen LogP contribution >= 0.6 is 24.0 Å². The first-order valence-electron chi connectivity index (χ1n) is 9.39. The molecule has 2 aromatic carbocycles. The fourth-order valence-corrected chi connectivity index (χ4v) is 2.80. The number of aromatic nitrogens is 3. The van der Waals surface area contributed by atoms with Gasteiger partial charge in [0.1, 0.15) is 30.3 Å². The van der Waals surface area contributed by atoms with Crippen molar-refractivity contribution in [3.63, 3.8) is 0 Å². The van der Waals surface area contributed by atoms with E-state index in [2.05, 4.69) is 43.9 Å². The van der Waals surface area contributed by atoms with Crippen LogP contribution in [-0.2, 0) is 13.1 Å². The third kappa shape index (κ3) is 7.62. The summed E-state index contributed by atoms with van der Waals surface area (Å²) in [5.41, 5.74) is 2.28. The summed E-state index contributed by atoms with van der Waals surface area (Å²) in [5, 5.41) is 10.6. The van der Waals surface area contributed by atoms with Crippen molar-refractivity contribution in [1.82, 2.24) is 25.4 Å². The van der Waals surface area contributed by atoms with E-state index in [1.165, 1.54) is 18.5 Å². The zero-order chi connectivity index (χ0) is 20.5. The number of hydrogen-bond acceptors (Lipinski definition) is 4. The van der Waals surface area contributed by atoms with E-state index in [9.17, 15) is 4.39 Å². The first kappa shape index (κ1) is 23.6. The van der Waals surface area contributed by atoms with E-state index in [-0.39, 0.29) is 35.9 Å². The van der Waals surface area contributed by atoms with Gasteiger partial charge in [0.05, 0.1) is 13.1 Å². The summed E-state index contributed by atoms with van der Waals surface area (Å²) >= 11 is 0. The molecule has 1 aromatic heterocycles. The van der Waals surface area contributed by atoms with Crippen LogP contribution in [0.2, 0.25) is 0 Å².